The number of halogens is 1. The third-order valence-electron chi connectivity index (χ3n) is 2.65. The zero-order valence-corrected chi connectivity index (χ0v) is 11.4. The van der Waals surface area contributed by atoms with Crippen LogP contribution in [0.2, 0.25) is 0 Å². The van der Waals surface area contributed by atoms with E-state index in [1.54, 1.807) is 12.5 Å². The van der Waals surface area contributed by atoms with Gasteiger partial charge in [0.2, 0.25) is 0 Å². The number of aromatic nitrogens is 2. The van der Waals surface area contributed by atoms with Gasteiger partial charge in [0, 0.05) is 25.2 Å². The van der Waals surface area contributed by atoms with E-state index in [-0.39, 0.29) is 5.84 Å². The lowest BCUT2D eigenvalue weighted by atomic mass is 10.3. The highest BCUT2D eigenvalue weighted by atomic mass is 127. The first kappa shape index (κ1) is 12.3. The van der Waals surface area contributed by atoms with E-state index in [9.17, 15) is 0 Å². The zero-order chi connectivity index (χ0) is 12.3. The van der Waals surface area contributed by atoms with Crippen LogP contribution < -0.4 is 10.6 Å². The number of hydrogen-bond donors (Lipinski definition) is 2. The van der Waals surface area contributed by atoms with Crippen LogP contribution in [0.15, 0.2) is 17.7 Å². The van der Waals surface area contributed by atoms with Crippen molar-refractivity contribution in [3.8, 4) is 0 Å². The van der Waals surface area contributed by atoms with Crippen LogP contribution in [0.3, 0.4) is 0 Å². The summed E-state index contributed by atoms with van der Waals surface area (Å²) in [5.41, 5.74) is 5.50. The molecular formula is C10H14IN5O. The van der Waals surface area contributed by atoms with Crippen molar-refractivity contribution < 1.29 is 5.21 Å². The Balaban J connectivity index is 2.10. The van der Waals surface area contributed by atoms with Crippen LogP contribution in [0.5, 0.6) is 0 Å². The van der Waals surface area contributed by atoms with E-state index in [1.165, 1.54) is 12.8 Å². The lowest BCUT2D eigenvalue weighted by Gasteiger charge is -2.23. The second kappa shape index (κ2) is 5.48. The fourth-order valence-corrected chi connectivity index (χ4v) is 2.26. The molecule has 7 heteroatoms. The molecule has 1 saturated carbocycles. The number of anilines is 1. The van der Waals surface area contributed by atoms with Crippen molar-refractivity contribution in [2.24, 2.45) is 10.9 Å². The summed E-state index contributed by atoms with van der Waals surface area (Å²) in [5, 5.41) is 11.5. The quantitative estimate of drug-likeness (QED) is 0.275. The van der Waals surface area contributed by atoms with E-state index < -0.39 is 0 Å². The molecule has 1 heterocycles. The molecule has 1 fully saturated rings. The predicted molar refractivity (Wildman–Crippen MR) is 73.1 cm³/mol. The molecular weight excluding hydrogens is 333 g/mol. The standard InChI is InChI=1S/C10H14IN5O/c11-8-5-13-6-14-10(8)16(7-1-2-7)4-3-9(12)15-17/h5-7,17H,1-4H2,(H2,12,15). The highest BCUT2D eigenvalue weighted by Crippen LogP contribution is 2.32. The molecule has 0 spiro atoms. The van der Waals surface area contributed by atoms with Crippen LogP contribution in [-0.4, -0.2) is 33.6 Å². The van der Waals surface area contributed by atoms with Crippen molar-refractivity contribution in [3.63, 3.8) is 0 Å². The molecule has 0 radical (unpaired) electrons. The third kappa shape index (κ3) is 3.18. The van der Waals surface area contributed by atoms with Crippen LogP contribution >= 0.6 is 22.6 Å². The third-order valence-corrected chi connectivity index (χ3v) is 3.41. The Hall–Kier alpha value is -1.12. The monoisotopic (exact) mass is 347 g/mol. The first-order chi connectivity index (χ1) is 8.22. The molecule has 6 nitrogen and oxygen atoms in total. The molecule has 0 atom stereocenters. The lowest BCUT2D eigenvalue weighted by Crippen LogP contribution is -2.31. The Morgan fingerprint density at radius 1 is 1.65 bits per heavy atom. The van der Waals surface area contributed by atoms with Gasteiger partial charge in [-0.2, -0.15) is 0 Å². The van der Waals surface area contributed by atoms with E-state index in [0.29, 0.717) is 19.0 Å². The van der Waals surface area contributed by atoms with Crippen molar-refractivity contribution in [1.29, 1.82) is 0 Å². The maximum Gasteiger partial charge on any atom is 0.145 e. The predicted octanol–water partition coefficient (Wildman–Crippen LogP) is 1.19. The van der Waals surface area contributed by atoms with Crippen molar-refractivity contribution in [1.82, 2.24) is 9.97 Å². The van der Waals surface area contributed by atoms with E-state index in [0.717, 1.165) is 9.39 Å². The Kier molecular flexibility index (Phi) is 3.97. The van der Waals surface area contributed by atoms with Crippen LogP contribution in [0, 0.1) is 3.57 Å². The van der Waals surface area contributed by atoms with Gasteiger partial charge in [0.25, 0.3) is 0 Å². The van der Waals surface area contributed by atoms with Crippen molar-refractivity contribution in [2.45, 2.75) is 25.3 Å². The number of amidine groups is 1. The molecule has 0 saturated heterocycles. The van der Waals surface area contributed by atoms with Crippen molar-refractivity contribution >= 4 is 34.2 Å². The Morgan fingerprint density at radius 3 is 3.00 bits per heavy atom. The van der Waals surface area contributed by atoms with Gasteiger partial charge in [0.15, 0.2) is 0 Å². The molecule has 1 aliphatic rings. The second-order valence-corrected chi connectivity index (χ2v) is 5.12. The molecule has 0 aliphatic heterocycles. The number of nitrogens with zero attached hydrogens (tertiary/aromatic N) is 4. The lowest BCUT2D eigenvalue weighted by molar-refractivity contribution is 0.317. The van der Waals surface area contributed by atoms with E-state index in [2.05, 4.69) is 42.6 Å². The molecule has 3 N–H and O–H groups in total. The smallest absolute Gasteiger partial charge is 0.145 e. The number of rotatable bonds is 5. The molecule has 1 aromatic rings. The molecule has 2 rings (SSSR count). The van der Waals surface area contributed by atoms with Gasteiger partial charge in [-0.1, -0.05) is 5.16 Å². The largest absolute Gasteiger partial charge is 0.409 e. The Morgan fingerprint density at radius 2 is 2.41 bits per heavy atom. The van der Waals surface area contributed by atoms with Crippen LogP contribution in [0.25, 0.3) is 0 Å². The van der Waals surface area contributed by atoms with Gasteiger partial charge in [-0.15, -0.1) is 0 Å². The maximum absolute atomic E-state index is 8.54. The molecule has 17 heavy (non-hydrogen) atoms. The van der Waals surface area contributed by atoms with Gasteiger partial charge >= 0.3 is 0 Å². The van der Waals surface area contributed by atoms with Crippen LogP contribution in [0.1, 0.15) is 19.3 Å². The first-order valence-electron chi connectivity index (χ1n) is 5.41. The van der Waals surface area contributed by atoms with Gasteiger partial charge in [0.1, 0.15) is 18.0 Å². The summed E-state index contributed by atoms with van der Waals surface area (Å²) in [4.78, 5) is 10.5. The SMILES string of the molecule is NC(CCN(c1ncncc1I)C1CC1)=NO. The minimum Gasteiger partial charge on any atom is -0.409 e. The second-order valence-electron chi connectivity index (χ2n) is 3.96. The number of oxime groups is 1. The summed E-state index contributed by atoms with van der Waals surface area (Å²) in [6.07, 6.45) is 6.23. The summed E-state index contributed by atoms with van der Waals surface area (Å²) in [6.45, 7) is 0.716. The van der Waals surface area contributed by atoms with Gasteiger partial charge in [-0.3, -0.25) is 0 Å². The normalized spacial score (nSPS) is 15.9. The van der Waals surface area contributed by atoms with Crippen molar-refractivity contribution in [2.75, 3.05) is 11.4 Å². The number of nitrogens with two attached hydrogens (primary N) is 1. The minimum atomic E-state index is 0.250. The molecule has 1 aliphatic carbocycles. The molecule has 0 aromatic carbocycles. The summed E-state index contributed by atoms with van der Waals surface area (Å²) in [5.74, 6) is 1.19. The van der Waals surface area contributed by atoms with Gasteiger partial charge < -0.3 is 15.8 Å². The van der Waals surface area contributed by atoms with Gasteiger partial charge in [-0.05, 0) is 35.4 Å². The van der Waals surface area contributed by atoms with E-state index in [4.69, 9.17) is 10.9 Å². The average molecular weight is 347 g/mol. The molecule has 0 bridgehead atoms. The minimum absolute atomic E-state index is 0.250. The van der Waals surface area contributed by atoms with Crippen LogP contribution in [0.4, 0.5) is 5.82 Å². The maximum atomic E-state index is 8.54. The molecule has 0 amide bonds. The van der Waals surface area contributed by atoms with Gasteiger partial charge in [-0.25, -0.2) is 9.97 Å². The summed E-state index contributed by atoms with van der Waals surface area (Å²) in [7, 11) is 0. The number of hydrogen-bond acceptors (Lipinski definition) is 5. The summed E-state index contributed by atoms with van der Waals surface area (Å²) >= 11 is 2.23. The topological polar surface area (TPSA) is 87.6 Å². The molecule has 0 unspecified atom stereocenters. The van der Waals surface area contributed by atoms with Crippen LogP contribution in [-0.2, 0) is 0 Å². The Labute approximate surface area is 113 Å². The highest BCUT2D eigenvalue weighted by molar-refractivity contribution is 14.1. The molecule has 92 valence electrons. The fraction of sp³-hybridized carbons (Fsp3) is 0.500. The highest BCUT2D eigenvalue weighted by Gasteiger charge is 2.30. The van der Waals surface area contributed by atoms with E-state index in [1.807, 2.05) is 0 Å². The summed E-state index contributed by atoms with van der Waals surface area (Å²) < 4.78 is 1.02. The first-order valence-corrected chi connectivity index (χ1v) is 6.48. The van der Waals surface area contributed by atoms with Gasteiger partial charge in [0.05, 0.1) is 3.57 Å². The average Bonchev–Trinajstić information content (AvgIpc) is 3.15. The molecule has 1 aromatic heterocycles. The van der Waals surface area contributed by atoms with E-state index >= 15 is 0 Å². The Bertz CT molecular complexity index is 421. The fourth-order valence-electron chi connectivity index (χ4n) is 1.65. The van der Waals surface area contributed by atoms with Crippen molar-refractivity contribution in [3.05, 3.63) is 16.1 Å². The zero-order valence-electron chi connectivity index (χ0n) is 9.25. The summed E-state index contributed by atoms with van der Waals surface area (Å²) in [6, 6.07) is 0.532.